The number of aromatic nitrogens is 2. The number of benzene rings is 1. The molecule has 6 nitrogen and oxygen atoms in total. The second-order valence-corrected chi connectivity index (χ2v) is 6.43. The molecule has 2 heterocycles. The first-order valence-corrected chi connectivity index (χ1v) is 7.81. The van der Waals surface area contributed by atoms with Gasteiger partial charge in [-0.05, 0) is 38.9 Å². The quantitative estimate of drug-likeness (QED) is 0.903. The van der Waals surface area contributed by atoms with Gasteiger partial charge in [-0.3, -0.25) is 5.10 Å². The average Bonchev–Trinajstić information content (AvgIpc) is 2.87. The number of fused-ring (bicyclic) bond motifs is 1. The van der Waals surface area contributed by atoms with Crippen LogP contribution in [0.15, 0.2) is 12.1 Å². The number of anilines is 2. The van der Waals surface area contributed by atoms with Crippen LogP contribution >= 0.6 is 0 Å². The van der Waals surface area contributed by atoms with Crippen molar-refractivity contribution in [2.75, 3.05) is 51.5 Å². The molecule has 22 heavy (non-hydrogen) atoms. The maximum absolute atomic E-state index is 6.06. The maximum atomic E-state index is 6.06. The summed E-state index contributed by atoms with van der Waals surface area (Å²) in [6, 6.07) is 4.03. The van der Waals surface area contributed by atoms with Gasteiger partial charge in [-0.25, -0.2) is 0 Å². The molecular weight excluding hydrogens is 278 g/mol. The number of nitrogens with one attached hydrogen (secondary N) is 1. The Morgan fingerprint density at radius 3 is 2.77 bits per heavy atom. The number of hydrogen-bond acceptors (Lipinski definition) is 5. The number of aromatic amines is 1. The normalized spacial score (nSPS) is 17.0. The Balaban J connectivity index is 1.76. The van der Waals surface area contributed by atoms with Crippen molar-refractivity contribution in [3.63, 3.8) is 0 Å². The molecule has 2 aromatic rings. The van der Waals surface area contributed by atoms with Crippen molar-refractivity contribution in [1.29, 1.82) is 0 Å². The summed E-state index contributed by atoms with van der Waals surface area (Å²) in [5, 5.41) is 8.04. The number of rotatable bonds is 4. The highest BCUT2D eigenvalue weighted by atomic mass is 16.5. The van der Waals surface area contributed by atoms with E-state index in [0.717, 1.165) is 42.0 Å². The van der Waals surface area contributed by atoms with E-state index in [0.29, 0.717) is 11.7 Å². The van der Waals surface area contributed by atoms with Crippen LogP contribution in [0.1, 0.15) is 12.8 Å². The Hall–Kier alpha value is -1.95. The second kappa shape index (κ2) is 6.04. The summed E-state index contributed by atoms with van der Waals surface area (Å²) in [6.45, 7) is 3.09. The fourth-order valence-corrected chi connectivity index (χ4v) is 3.01. The summed E-state index contributed by atoms with van der Waals surface area (Å²) in [6.07, 6.45) is 2.41. The molecule has 0 atom stereocenters. The summed E-state index contributed by atoms with van der Waals surface area (Å²) in [5.41, 5.74) is 7.90. The van der Waals surface area contributed by atoms with E-state index in [9.17, 15) is 0 Å². The molecule has 0 amide bonds. The molecule has 0 bridgehead atoms. The number of piperidine rings is 1. The molecule has 1 fully saturated rings. The van der Waals surface area contributed by atoms with Crippen molar-refractivity contribution in [2.45, 2.75) is 12.8 Å². The number of H-pyrrole nitrogens is 1. The zero-order valence-corrected chi connectivity index (χ0v) is 13.6. The predicted molar refractivity (Wildman–Crippen MR) is 90.5 cm³/mol. The van der Waals surface area contributed by atoms with Gasteiger partial charge in [0.1, 0.15) is 5.75 Å². The molecule has 1 saturated heterocycles. The minimum absolute atomic E-state index is 0.528. The number of likely N-dealkylation sites (tertiary alicyclic amines) is 1. The van der Waals surface area contributed by atoms with E-state index in [4.69, 9.17) is 10.5 Å². The molecule has 0 radical (unpaired) electrons. The Kier molecular flexibility index (Phi) is 4.11. The monoisotopic (exact) mass is 303 g/mol. The highest BCUT2D eigenvalue weighted by Gasteiger charge is 2.18. The van der Waals surface area contributed by atoms with E-state index >= 15 is 0 Å². The maximum Gasteiger partial charge on any atom is 0.155 e. The van der Waals surface area contributed by atoms with E-state index in [-0.39, 0.29) is 0 Å². The van der Waals surface area contributed by atoms with Gasteiger partial charge in [-0.1, -0.05) is 0 Å². The molecular formula is C16H25N5O. The van der Waals surface area contributed by atoms with Crippen molar-refractivity contribution in [3.8, 4) is 5.75 Å². The van der Waals surface area contributed by atoms with E-state index in [1.807, 2.05) is 31.1 Å². The Bertz CT molecular complexity index is 643. The Morgan fingerprint density at radius 2 is 2.09 bits per heavy atom. The standard InChI is InChI=1S/C16H25N5O/c1-20(2)14-9-12(8-13-15(14)16(17)19-18-13)22-10-11-4-6-21(3)7-5-11/h8-9,11H,4-7,10H2,1-3H3,(H3,17,18,19). The van der Waals surface area contributed by atoms with Gasteiger partial charge >= 0.3 is 0 Å². The van der Waals surface area contributed by atoms with Crippen LogP contribution in [0.3, 0.4) is 0 Å². The number of ether oxygens (including phenoxy) is 1. The molecule has 0 aliphatic carbocycles. The van der Waals surface area contributed by atoms with Crippen LogP contribution in [0.2, 0.25) is 0 Å². The second-order valence-electron chi connectivity index (χ2n) is 6.43. The summed E-state index contributed by atoms with van der Waals surface area (Å²) in [7, 11) is 6.18. The molecule has 0 unspecified atom stereocenters. The molecule has 6 heteroatoms. The lowest BCUT2D eigenvalue weighted by Gasteiger charge is -2.28. The van der Waals surface area contributed by atoms with Gasteiger partial charge in [0.05, 0.1) is 23.2 Å². The number of nitrogen functional groups attached to an aromatic ring is 1. The lowest BCUT2D eigenvalue weighted by molar-refractivity contribution is 0.160. The zero-order chi connectivity index (χ0) is 15.7. The van der Waals surface area contributed by atoms with Crippen LogP contribution < -0.4 is 15.4 Å². The summed E-state index contributed by atoms with van der Waals surface area (Å²) >= 11 is 0. The largest absolute Gasteiger partial charge is 0.493 e. The van der Waals surface area contributed by atoms with Crippen molar-refractivity contribution in [3.05, 3.63) is 12.1 Å². The Labute approximate surface area is 131 Å². The third-order valence-corrected chi connectivity index (χ3v) is 4.45. The third kappa shape index (κ3) is 2.97. The van der Waals surface area contributed by atoms with Crippen LogP contribution in [-0.4, -0.2) is 55.9 Å². The first-order chi connectivity index (χ1) is 10.5. The highest BCUT2D eigenvalue weighted by Crippen LogP contribution is 2.33. The fraction of sp³-hybridized carbons (Fsp3) is 0.562. The van der Waals surface area contributed by atoms with E-state index in [1.54, 1.807) is 0 Å². The molecule has 0 saturated carbocycles. The molecule has 1 aliphatic heterocycles. The minimum Gasteiger partial charge on any atom is -0.493 e. The molecule has 3 N–H and O–H groups in total. The topological polar surface area (TPSA) is 70.4 Å². The van der Waals surface area contributed by atoms with Gasteiger partial charge in [0, 0.05) is 26.2 Å². The lowest BCUT2D eigenvalue weighted by Crippen LogP contribution is -2.32. The van der Waals surface area contributed by atoms with Crippen molar-refractivity contribution >= 4 is 22.4 Å². The minimum atomic E-state index is 0.528. The smallest absolute Gasteiger partial charge is 0.155 e. The molecule has 120 valence electrons. The van der Waals surface area contributed by atoms with E-state index < -0.39 is 0 Å². The van der Waals surface area contributed by atoms with Crippen molar-refractivity contribution < 1.29 is 4.74 Å². The number of hydrogen-bond donors (Lipinski definition) is 2. The summed E-state index contributed by atoms with van der Waals surface area (Å²) in [4.78, 5) is 4.41. The average molecular weight is 303 g/mol. The van der Waals surface area contributed by atoms with Gasteiger partial charge < -0.3 is 20.3 Å². The molecule has 1 aromatic carbocycles. The van der Waals surface area contributed by atoms with Gasteiger partial charge in [-0.2, -0.15) is 5.10 Å². The lowest BCUT2D eigenvalue weighted by atomic mass is 9.98. The Morgan fingerprint density at radius 1 is 1.36 bits per heavy atom. The number of nitrogens with two attached hydrogens (primary N) is 1. The van der Waals surface area contributed by atoms with E-state index in [1.165, 1.54) is 12.8 Å². The van der Waals surface area contributed by atoms with E-state index in [2.05, 4.69) is 22.1 Å². The van der Waals surface area contributed by atoms with Crippen LogP contribution in [0.5, 0.6) is 5.75 Å². The van der Waals surface area contributed by atoms with Gasteiger partial charge in [0.25, 0.3) is 0 Å². The SMILES string of the molecule is CN1CCC(COc2cc(N(C)C)c3c(N)n[nH]c3c2)CC1. The van der Waals surface area contributed by atoms with Gasteiger partial charge in [0.2, 0.25) is 0 Å². The van der Waals surface area contributed by atoms with Crippen LogP contribution in [-0.2, 0) is 0 Å². The third-order valence-electron chi connectivity index (χ3n) is 4.45. The summed E-state index contributed by atoms with van der Waals surface area (Å²) < 4.78 is 6.06. The highest BCUT2D eigenvalue weighted by molar-refractivity contribution is 6.00. The molecule has 0 spiro atoms. The molecule has 3 rings (SSSR count). The fourth-order valence-electron chi connectivity index (χ4n) is 3.01. The van der Waals surface area contributed by atoms with Crippen molar-refractivity contribution in [2.24, 2.45) is 5.92 Å². The van der Waals surface area contributed by atoms with Crippen molar-refractivity contribution in [1.82, 2.24) is 15.1 Å². The first-order valence-electron chi connectivity index (χ1n) is 7.81. The van der Waals surface area contributed by atoms with Crippen LogP contribution in [0.4, 0.5) is 11.5 Å². The summed E-state index contributed by atoms with van der Waals surface area (Å²) in [5.74, 6) is 2.04. The van der Waals surface area contributed by atoms with Gasteiger partial charge in [-0.15, -0.1) is 0 Å². The van der Waals surface area contributed by atoms with Crippen LogP contribution in [0, 0.1) is 5.92 Å². The van der Waals surface area contributed by atoms with Crippen LogP contribution in [0.25, 0.3) is 10.9 Å². The molecule has 1 aliphatic rings. The van der Waals surface area contributed by atoms with Gasteiger partial charge in [0.15, 0.2) is 5.82 Å². The predicted octanol–water partition coefficient (Wildman–Crippen LogP) is 1.93. The first kappa shape index (κ1) is 15.0. The zero-order valence-electron chi connectivity index (χ0n) is 13.6. The number of nitrogens with zero attached hydrogens (tertiary/aromatic N) is 3. The molecule has 1 aromatic heterocycles.